The summed E-state index contributed by atoms with van der Waals surface area (Å²) < 4.78 is 59.3. The van der Waals surface area contributed by atoms with Gasteiger partial charge in [0.05, 0.1) is 19.8 Å². The highest BCUT2D eigenvalue weighted by Gasteiger charge is 2.48. The van der Waals surface area contributed by atoms with Gasteiger partial charge < -0.3 is 34.3 Å². The second-order valence-corrected chi connectivity index (χ2v) is 19.5. The predicted octanol–water partition coefficient (Wildman–Crippen LogP) is 12.2. The fourth-order valence-electron chi connectivity index (χ4n) is 8.38. The van der Waals surface area contributed by atoms with Crippen LogP contribution in [0.25, 0.3) is 0 Å². The normalized spacial score (nSPS) is 19.8. The van der Waals surface area contributed by atoms with E-state index in [1.165, 1.54) is 173 Å². The van der Waals surface area contributed by atoms with Crippen LogP contribution in [0.15, 0.2) is 12.2 Å². The molecule has 6 unspecified atom stereocenters. The Morgan fingerprint density at radius 1 is 0.578 bits per heavy atom. The third-order valence-corrected chi connectivity index (χ3v) is 12.9. The van der Waals surface area contributed by atoms with Crippen molar-refractivity contribution in [1.82, 2.24) is 0 Å². The summed E-state index contributed by atoms with van der Waals surface area (Å²) in [7, 11) is -5.06. The van der Waals surface area contributed by atoms with E-state index in [1.807, 2.05) is 0 Å². The van der Waals surface area contributed by atoms with Crippen molar-refractivity contribution in [2.75, 3.05) is 26.4 Å². The first kappa shape index (κ1) is 60.9. The maximum atomic E-state index is 12.9. The zero-order valence-electron chi connectivity index (χ0n) is 40.9. The molecule has 0 bridgehead atoms. The highest BCUT2D eigenvalue weighted by Crippen LogP contribution is 2.26. The lowest BCUT2D eigenvalue weighted by Gasteiger charge is -2.41. The van der Waals surface area contributed by atoms with E-state index in [0.717, 1.165) is 44.9 Å². The van der Waals surface area contributed by atoms with Gasteiger partial charge in [-0.1, -0.05) is 212 Å². The van der Waals surface area contributed by atoms with Gasteiger partial charge in [-0.2, -0.15) is 8.42 Å². The number of carbonyl (C=O) groups excluding carboxylic acids is 1. The molecule has 1 aliphatic rings. The van der Waals surface area contributed by atoms with Crippen molar-refractivity contribution in [2.24, 2.45) is 0 Å². The minimum atomic E-state index is -5.06. The van der Waals surface area contributed by atoms with Gasteiger partial charge in [0, 0.05) is 13.0 Å². The van der Waals surface area contributed by atoms with E-state index in [2.05, 4.69) is 30.2 Å². The first-order chi connectivity index (χ1) is 31.1. The molecule has 1 saturated heterocycles. The van der Waals surface area contributed by atoms with E-state index in [0.29, 0.717) is 13.0 Å². The third kappa shape index (κ3) is 36.0. The Kier molecular flexibility index (Phi) is 41.0. The monoisotopic (exact) mass is 935 g/mol. The fraction of sp³-hybridized carbons (Fsp3) is 0.941. The molecular weight excluding hydrogens is 837 g/mol. The summed E-state index contributed by atoms with van der Waals surface area (Å²) in [6.07, 6.45) is 39.6. The van der Waals surface area contributed by atoms with Crippen molar-refractivity contribution in [3.63, 3.8) is 0 Å². The van der Waals surface area contributed by atoms with Gasteiger partial charge in [-0.05, 0) is 38.5 Å². The van der Waals surface area contributed by atoms with Crippen LogP contribution in [0, 0.1) is 0 Å². The Balaban J connectivity index is 2.32. The van der Waals surface area contributed by atoms with Crippen LogP contribution in [0.2, 0.25) is 0 Å². The summed E-state index contributed by atoms with van der Waals surface area (Å²) in [4.78, 5) is 12.9. The summed E-state index contributed by atoms with van der Waals surface area (Å²) in [6, 6.07) is 0. The molecule has 1 heterocycles. The quantitative estimate of drug-likeness (QED) is 0.0197. The fourth-order valence-corrected chi connectivity index (χ4v) is 8.88. The highest BCUT2D eigenvalue weighted by molar-refractivity contribution is 7.80. The second kappa shape index (κ2) is 43.1. The standard InChI is InChI=1S/C51H98O12S/c1-3-5-7-9-11-13-15-17-19-20-21-22-23-24-25-26-28-30-32-34-36-38-40-47(53)61-45(44-60-51-49(55)50(63-64(56,57)58)48(54)46(42-52)62-51)43-59-41-39-37-35-33-31-29-27-18-16-14-12-10-8-6-4-2/h16,18,45-46,48-52,54-55H,3-15,17,19-44H2,1-2H3,(H,56,57,58)/b18-16-. The summed E-state index contributed by atoms with van der Waals surface area (Å²) in [5, 5.41) is 30.7. The maximum Gasteiger partial charge on any atom is 0.397 e. The molecule has 0 aromatic rings. The molecule has 0 spiro atoms. The molecule has 0 saturated carbocycles. The maximum absolute atomic E-state index is 12.9. The van der Waals surface area contributed by atoms with Crippen LogP contribution in [-0.4, -0.2) is 97.5 Å². The number of rotatable bonds is 47. The van der Waals surface area contributed by atoms with Gasteiger partial charge in [0.15, 0.2) is 6.29 Å². The Morgan fingerprint density at radius 2 is 0.984 bits per heavy atom. The zero-order valence-corrected chi connectivity index (χ0v) is 41.7. The number of allylic oxidation sites excluding steroid dienone is 2. The van der Waals surface area contributed by atoms with Crippen molar-refractivity contribution >= 4 is 16.4 Å². The number of unbranched alkanes of at least 4 members (excludes halogenated alkanes) is 32. The summed E-state index contributed by atoms with van der Waals surface area (Å²) in [5.41, 5.74) is 0. The first-order valence-electron chi connectivity index (χ1n) is 26.4. The average Bonchev–Trinajstić information content (AvgIpc) is 3.27. The number of ether oxygens (including phenoxy) is 4. The Bertz CT molecular complexity index is 1170. The molecule has 1 rings (SSSR count). The number of esters is 1. The van der Waals surface area contributed by atoms with Gasteiger partial charge in [-0.3, -0.25) is 9.35 Å². The van der Waals surface area contributed by atoms with Gasteiger partial charge in [0.25, 0.3) is 0 Å². The van der Waals surface area contributed by atoms with E-state index in [4.69, 9.17) is 18.9 Å². The number of hydrogen-bond acceptors (Lipinski definition) is 11. The number of carbonyl (C=O) groups is 1. The van der Waals surface area contributed by atoms with E-state index in [9.17, 15) is 33.1 Å². The Hall–Kier alpha value is -1.16. The van der Waals surface area contributed by atoms with Crippen molar-refractivity contribution < 1.29 is 56.2 Å². The minimum absolute atomic E-state index is 0.0376. The molecule has 0 radical (unpaired) electrons. The second-order valence-electron chi connectivity index (χ2n) is 18.5. The van der Waals surface area contributed by atoms with Crippen molar-refractivity contribution in [3.8, 4) is 0 Å². The van der Waals surface area contributed by atoms with Crippen LogP contribution >= 0.6 is 0 Å². The van der Waals surface area contributed by atoms with Crippen molar-refractivity contribution in [3.05, 3.63) is 12.2 Å². The molecule has 6 atom stereocenters. The van der Waals surface area contributed by atoms with E-state index >= 15 is 0 Å². The lowest BCUT2D eigenvalue weighted by molar-refractivity contribution is -0.301. The zero-order chi connectivity index (χ0) is 46.8. The van der Waals surface area contributed by atoms with Crippen LogP contribution < -0.4 is 0 Å². The van der Waals surface area contributed by atoms with E-state index in [-0.39, 0.29) is 19.6 Å². The molecule has 0 aromatic carbocycles. The minimum Gasteiger partial charge on any atom is -0.457 e. The van der Waals surface area contributed by atoms with Crippen LogP contribution in [0.5, 0.6) is 0 Å². The number of aliphatic hydroxyl groups is 3. The molecule has 12 nitrogen and oxygen atoms in total. The van der Waals surface area contributed by atoms with Gasteiger partial charge in [0.2, 0.25) is 0 Å². The highest BCUT2D eigenvalue weighted by atomic mass is 32.3. The lowest BCUT2D eigenvalue weighted by Crippen LogP contribution is -2.60. The Morgan fingerprint density at radius 3 is 1.41 bits per heavy atom. The average molecular weight is 935 g/mol. The predicted molar refractivity (Wildman–Crippen MR) is 258 cm³/mol. The van der Waals surface area contributed by atoms with E-state index < -0.39 is 59.8 Å². The SMILES string of the molecule is CCCCCCC/C=C\CCCCCCCCOCC(COC1OC(CO)C(O)C(OS(=O)(=O)O)C1O)OC(=O)CCCCCCCCCCCCCCCCCCCCCCCC. The molecular formula is C51H98O12S. The van der Waals surface area contributed by atoms with Gasteiger partial charge in [0.1, 0.15) is 30.5 Å². The first-order valence-corrected chi connectivity index (χ1v) is 27.8. The largest absolute Gasteiger partial charge is 0.457 e. The molecule has 4 N–H and O–H groups in total. The summed E-state index contributed by atoms with van der Waals surface area (Å²) in [6.45, 7) is 4.02. The molecule has 0 amide bonds. The molecule has 1 aliphatic heterocycles. The molecule has 0 aromatic heterocycles. The van der Waals surface area contributed by atoms with Crippen LogP contribution in [0.1, 0.15) is 245 Å². The molecule has 64 heavy (non-hydrogen) atoms. The van der Waals surface area contributed by atoms with Crippen LogP contribution in [-0.2, 0) is 38.3 Å². The van der Waals surface area contributed by atoms with Crippen LogP contribution in [0.3, 0.4) is 0 Å². The molecule has 1 fully saturated rings. The van der Waals surface area contributed by atoms with E-state index in [1.54, 1.807) is 0 Å². The van der Waals surface area contributed by atoms with Crippen molar-refractivity contribution in [1.29, 1.82) is 0 Å². The number of hydrogen-bond donors (Lipinski definition) is 4. The van der Waals surface area contributed by atoms with Gasteiger partial charge in [-0.15, -0.1) is 0 Å². The Labute approximate surface area is 391 Å². The summed E-state index contributed by atoms with van der Waals surface area (Å²) in [5.74, 6) is -0.395. The smallest absolute Gasteiger partial charge is 0.397 e. The van der Waals surface area contributed by atoms with Gasteiger partial charge >= 0.3 is 16.4 Å². The molecule has 0 aliphatic carbocycles. The lowest BCUT2D eigenvalue weighted by atomic mass is 9.99. The summed E-state index contributed by atoms with van der Waals surface area (Å²) >= 11 is 0. The third-order valence-electron chi connectivity index (χ3n) is 12.4. The van der Waals surface area contributed by atoms with Gasteiger partial charge in [-0.25, -0.2) is 4.18 Å². The van der Waals surface area contributed by atoms with Crippen LogP contribution in [0.4, 0.5) is 0 Å². The molecule has 13 heteroatoms. The topological polar surface area (TPSA) is 178 Å². The molecule has 380 valence electrons. The van der Waals surface area contributed by atoms with Crippen molar-refractivity contribution in [2.45, 2.75) is 282 Å². The number of aliphatic hydroxyl groups excluding tert-OH is 3.